The van der Waals surface area contributed by atoms with Crippen molar-refractivity contribution in [2.75, 3.05) is 18.5 Å². The summed E-state index contributed by atoms with van der Waals surface area (Å²) in [4.78, 5) is 6.35. The van der Waals surface area contributed by atoms with Crippen LogP contribution in [0.15, 0.2) is 12.4 Å². The molecule has 0 amide bonds. The van der Waals surface area contributed by atoms with Gasteiger partial charge in [-0.1, -0.05) is 0 Å². The van der Waals surface area contributed by atoms with Crippen LogP contribution in [-0.4, -0.2) is 28.7 Å². The van der Waals surface area contributed by atoms with E-state index in [2.05, 4.69) is 23.7 Å². The smallest absolute Gasteiger partial charge is 0.205 e. The Kier molecular flexibility index (Phi) is 2.61. The molecule has 0 aliphatic heterocycles. The van der Waals surface area contributed by atoms with Crippen LogP contribution in [0, 0.1) is 0 Å². The normalized spacial score (nSPS) is 11.8. The molecule has 2 N–H and O–H groups in total. The Labute approximate surface area is 79.4 Å². The van der Waals surface area contributed by atoms with E-state index in [-0.39, 0.29) is 5.54 Å². The summed E-state index contributed by atoms with van der Waals surface area (Å²) in [6, 6.07) is 0. The van der Waals surface area contributed by atoms with Crippen LogP contribution in [0.2, 0.25) is 0 Å². The Morgan fingerprint density at radius 2 is 2.23 bits per heavy atom. The highest BCUT2D eigenvalue weighted by Crippen LogP contribution is 2.18. The van der Waals surface area contributed by atoms with Gasteiger partial charge < -0.3 is 15.2 Å². The zero-order valence-corrected chi connectivity index (χ0v) is 8.78. The van der Waals surface area contributed by atoms with E-state index in [4.69, 9.17) is 5.73 Å². The molecule has 1 aromatic heterocycles. The minimum absolute atomic E-state index is 0.0564. The Bertz CT molecular complexity index is 277. The molecule has 0 aliphatic rings. The van der Waals surface area contributed by atoms with E-state index >= 15 is 0 Å². The van der Waals surface area contributed by atoms with E-state index in [1.54, 1.807) is 6.20 Å². The maximum absolute atomic E-state index is 5.68. The molecule has 0 spiro atoms. The van der Waals surface area contributed by atoms with Crippen LogP contribution in [0.3, 0.4) is 0 Å². The van der Waals surface area contributed by atoms with Crippen molar-refractivity contribution in [1.82, 2.24) is 9.55 Å². The van der Waals surface area contributed by atoms with Gasteiger partial charge in [0, 0.05) is 38.6 Å². The molecule has 0 radical (unpaired) electrons. The summed E-state index contributed by atoms with van der Waals surface area (Å²) in [5.74, 6) is 0.940. The summed E-state index contributed by atoms with van der Waals surface area (Å²) in [6.07, 6.45) is 3.72. The van der Waals surface area contributed by atoms with Gasteiger partial charge in [-0.2, -0.15) is 0 Å². The SMILES string of the molecule is CN(c1nccn1C)C(C)(C)CN. The molecule has 0 unspecified atom stereocenters. The first kappa shape index (κ1) is 10.1. The van der Waals surface area contributed by atoms with Gasteiger partial charge in [0.05, 0.1) is 0 Å². The molecule has 13 heavy (non-hydrogen) atoms. The van der Waals surface area contributed by atoms with Crippen molar-refractivity contribution in [1.29, 1.82) is 0 Å². The number of nitrogens with zero attached hydrogens (tertiary/aromatic N) is 3. The number of imidazole rings is 1. The van der Waals surface area contributed by atoms with Crippen LogP contribution in [0.5, 0.6) is 0 Å². The molecule has 0 aliphatic carbocycles. The number of aromatic nitrogens is 2. The Balaban J connectivity index is 2.91. The number of aryl methyl sites for hydroxylation is 1. The van der Waals surface area contributed by atoms with Crippen molar-refractivity contribution >= 4 is 5.95 Å². The summed E-state index contributed by atoms with van der Waals surface area (Å²) < 4.78 is 1.98. The molecular formula is C9H18N4. The van der Waals surface area contributed by atoms with Gasteiger partial charge in [-0.3, -0.25) is 0 Å². The highest BCUT2D eigenvalue weighted by Gasteiger charge is 2.24. The molecule has 74 valence electrons. The average Bonchev–Trinajstić information content (AvgIpc) is 2.50. The second-order valence-corrected chi connectivity index (χ2v) is 3.91. The van der Waals surface area contributed by atoms with Gasteiger partial charge >= 0.3 is 0 Å². The summed E-state index contributed by atoms with van der Waals surface area (Å²) in [5.41, 5.74) is 5.63. The third kappa shape index (κ3) is 1.83. The van der Waals surface area contributed by atoms with E-state index in [0.717, 1.165) is 5.95 Å². The minimum Gasteiger partial charge on any atom is -0.339 e. The fraction of sp³-hybridized carbons (Fsp3) is 0.667. The lowest BCUT2D eigenvalue weighted by Crippen LogP contribution is -2.48. The lowest BCUT2D eigenvalue weighted by molar-refractivity contribution is 0.485. The van der Waals surface area contributed by atoms with Gasteiger partial charge in [-0.05, 0) is 13.8 Å². The van der Waals surface area contributed by atoms with Gasteiger partial charge in [-0.25, -0.2) is 4.98 Å². The molecule has 1 heterocycles. The predicted molar refractivity (Wildman–Crippen MR) is 54.7 cm³/mol. The zero-order valence-electron chi connectivity index (χ0n) is 8.78. The van der Waals surface area contributed by atoms with Crippen molar-refractivity contribution < 1.29 is 0 Å². The van der Waals surface area contributed by atoms with E-state index < -0.39 is 0 Å². The summed E-state index contributed by atoms with van der Waals surface area (Å²) in [7, 11) is 3.99. The number of hydrogen-bond acceptors (Lipinski definition) is 3. The standard InChI is InChI=1S/C9H18N4/c1-9(2,7-10)13(4)8-11-5-6-12(8)3/h5-6H,7,10H2,1-4H3. The number of likely N-dealkylation sites (N-methyl/N-ethyl adjacent to an activating group) is 1. The van der Waals surface area contributed by atoms with Gasteiger partial charge in [0.25, 0.3) is 0 Å². The molecule has 0 fully saturated rings. The van der Waals surface area contributed by atoms with Gasteiger partial charge in [0.15, 0.2) is 0 Å². The number of nitrogens with two attached hydrogens (primary N) is 1. The summed E-state index contributed by atoms with van der Waals surface area (Å²) >= 11 is 0. The minimum atomic E-state index is -0.0564. The quantitative estimate of drug-likeness (QED) is 0.744. The maximum atomic E-state index is 5.68. The van der Waals surface area contributed by atoms with Crippen molar-refractivity contribution in [3.05, 3.63) is 12.4 Å². The molecular weight excluding hydrogens is 164 g/mol. The molecule has 0 saturated heterocycles. The topological polar surface area (TPSA) is 47.1 Å². The van der Waals surface area contributed by atoms with E-state index in [0.29, 0.717) is 6.54 Å². The fourth-order valence-corrected chi connectivity index (χ4v) is 1.09. The molecule has 0 saturated carbocycles. The Morgan fingerprint density at radius 3 is 2.62 bits per heavy atom. The van der Waals surface area contributed by atoms with Crippen molar-refractivity contribution in [3.63, 3.8) is 0 Å². The Morgan fingerprint density at radius 1 is 1.62 bits per heavy atom. The summed E-state index contributed by atoms with van der Waals surface area (Å²) in [5, 5.41) is 0. The van der Waals surface area contributed by atoms with Crippen LogP contribution >= 0.6 is 0 Å². The molecule has 4 heteroatoms. The third-order valence-electron chi connectivity index (χ3n) is 2.50. The van der Waals surface area contributed by atoms with Crippen LogP contribution in [0.4, 0.5) is 5.95 Å². The number of anilines is 1. The molecule has 0 bridgehead atoms. The lowest BCUT2D eigenvalue weighted by atomic mass is 10.1. The van der Waals surface area contributed by atoms with E-state index in [9.17, 15) is 0 Å². The zero-order chi connectivity index (χ0) is 10.1. The average molecular weight is 182 g/mol. The largest absolute Gasteiger partial charge is 0.339 e. The van der Waals surface area contributed by atoms with Crippen LogP contribution < -0.4 is 10.6 Å². The Hall–Kier alpha value is -1.03. The van der Waals surface area contributed by atoms with Crippen molar-refractivity contribution in [2.24, 2.45) is 12.8 Å². The fourth-order valence-electron chi connectivity index (χ4n) is 1.09. The van der Waals surface area contributed by atoms with Gasteiger partial charge in [0.2, 0.25) is 5.95 Å². The second kappa shape index (κ2) is 3.38. The third-order valence-corrected chi connectivity index (χ3v) is 2.50. The monoisotopic (exact) mass is 182 g/mol. The van der Waals surface area contributed by atoms with Crippen LogP contribution in [0.1, 0.15) is 13.8 Å². The van der Waals surface area contributed by atoms with E-state index in [1.165, 1.54) is 0 Å². The highest BCUT2D eigenvalue weighted by atomic mass is 15.3. The molecule has 4 nitrogen and oxygen atoms in total. The number of hydrogen-bond donors (Lipinski definition) is 1. The maximum Gasteiger partial charge on any atom is 0.205 e. The summed E-state index contributed by atoms with van der Waals surface area (Å²) in [6.45, 7) is 4.81. The second-order valence-electron chi connectivity index (χ2n) is 3.91. The first-order valence-corrected chi connectivity index (χ1v) is 4.40. The molecule has 1 rings (SSSR count). The van der Waals surface area contributed by atoms with Crippen LogP contribution in [-0.2, 0) is 7.05 Å². The van der Waals surface area contributed by atoms with Crippen LogP contribution in [0.25, 0.3) is 0 Å². The first-order valence-electron chi connectivity index (χ1n) is 4.40. The first-order chi connectivity index (χ1) is 5.99. The van der Waals surface area contributed by atoms with Crippen molar-refractivity contribution in [2.45, 2.75) is 19.4 Å². The highest BCUT2D eigenvalue weighted by molar-refractivity contribution is 5.33. The number of rotatable bonds is 3. The lowest BCUT2D eigenvalue weighted by Gasteiger charge is -2.35. The molecule has 0 aromatic carbocycles. The molecule has 1 aromatic rings. The predicted octanol–water partition coefficient (Wildman–Crippen LogP) is 0.594. The van der Waals surface area contributed by atoms with Gasteiger partial charge in [-0.15, -0.1) is 0 Å². The molecule has 0 atom stereocenters. The van der Waals surface area contributed by atoms with E-state index in [1.807, 2.05) is 24.9 Å². The van der Waals surface area contributed by atoms with Crippen molar-refractivity contribution in [3.8, 4) is 0 Å². The van der Waals surface area contributed by atoms with Gasteiger partial charge in [0.1, 0.15) is 0 Å².